The van der Waals surface area contributed by atoms with E-state index in [0.29, 0.717) is 49.9 Å². The van der Waals surface area contributed by atoms with Crippen LogP contribution in [0.3, 0.4) is 0 Å². The van der Waals surface area contributed by atoms with Gasteiger partial charge in [0.1, 0.15) is 0 Å². The number of hydrogen-bond acceptors (Lipinski definition) is 4. The zero-order valence-corrected chi connectivity index (χ0v) is 14.9. The summed E-state index contributed by atoms with van der Waals surface area (Å²) in [6.07, 6.45) is 0. The predicted octanol–water partition coefficient (Wildman–Crippen LogP) is 0.548. The zero-order chi connectivity index (χ0) is 15.5. The van der Waals surface area contributed by atoms with Crippen molar-refractivity contribution < 1.29 is 14.3 Å². The van der Waals surface area contributed by atoms with Crippen molar-refractivity contribution in [2.45, 2.75) is 0 Å². The molecule has 0 saturated carbocycles. The maximum absolute atomic E-state index is 12.2. The Kier molecular flexibility index (Phi) is 5.94. The van der Waals surface area contributed by atoms with Gasteiger partial charge in [0.05, 0.1) is 30.9 Å². The number of aliphatic imine (C=N–C) groups is 1. The van der Waals surface area contributed by atoms with Crippen molar-refractivity contribution in [3.05, 3.63) is 35.4 Å². The second kappa shape index (κ2) is 7.73. The van der Waals surface area contributed by atoms with E-state index in [9.17, 15) is 9.59 Å². The average molecular weight is 430 g/mol. The normalized spacial score (nSPS) is 18.0. The number of morpholine rings is 1. The number of carbonyl (C=O) groups is 2. The van der Waals surface area contributed by atoms with Crippen LogP contribution in [0.2, 0.25) is 0 Å². The van der Waals surface area contributed by atoms with E-state index in [1.165, 1.54) is 4.90 Å². The summed E-state index contributed by atoms with van der Waals surface area (Å²) in [5.74, 6) is -0.0959. The molecule has 1 saturated heterocycles. The molecule has 2 aliphatic rings. The molecule has 0 aromatic heterocycles. The van der Waals surface area contributed by atoms with Crippen molar-refractivity contribution in [2.24, 2.45) is 10.7 Å². The fourth-order valence-electron chi connectivity index (χ4n) is 2.60. The Morgan fingerprint density at radius 2 is 1.70 bits per heavy atom. The highest BCUT2D eigenvalue weighted by Crippen LogP contribution is 2.21. The van der Waals surface area contributed by atoms with Crippen LogP contribution in [0.4, 0.5) is 0 Å². The fraction of sp³-hybridized carbons (Fsp3) is 0.400. The third-order valence-corrected chi connectivity index (χ3v) is 3.81. The van der Waals surface area contributed by atoms with Crippen molar-refractivity contribution >= 4 is 41.8 Å². The topological polar surface area (TPSA) is 88.2 Å². The van der Waals surface area contributed by atoms with Crippen molar-refractivity contribution in [3.8, 4) is 0 Å². The Bertz CT molecular complexity index is 594. The number of hydrogen-bond donors (Lipinski definition) is 1. The maximum Gasteiger partial charge on any atom is 0.261 e. The Hall–Kier alpha value is -1.68. The number of carbonyl (C=O) groups excluding carboxylic acids is 2. The molecule has 0 spiro atoms. The van der Waals surface area contributed by atoms with Gasteiger partial charge in [-0.2, -0.15) is 0 Å². The molecular weight excluding hydrogens is 411 g/mol. The van der Waals surface area contributed by atoms with Crippen molar-refractivity contribution in [1.29, 1.82) is 0 Å². The second-order valence-corrected chi connectivity index (χ2v) is 5.15. The highest BCUT2D eigenvalue weighted by Gasteiger charge is 2.34. The first-order chi connectivity index (χ1) is 10.7. The molecule has 2 amide bonds. The summed E-state index contributed by atoms with van der Waals surface area (Å²) < 4.78 is 5.25. The van der Waals surface area contributed by atoms with Gasteiger partial charge in [-0.3, -0.25) is 19.5 Å². The number of benzene rings is 1. The molecule has 2 heterocycles. The molecule has 3 rings (SSSR count). The lowest BCUT2D eigenvalue weighted by molar-refractivity contribution is 0.0655. The first-order valence-electron chi connectivity index (χ1n) is 7.26. The summed E-state index contributed by atoms with van der Waals surface area (Å²) in [6.45, 7) is 3.22. The molecular formula is C15H19IN4O3. The van der Waals surface area contributed by atoms with Crippen LogP contribution >= 0.6 is 24.0 Å². The summed E-state index contributed by atoms with van der Waals surface area (Å²) >= 11 is 0. The third-order valence-electron chi connectivity index (χ3n) is 3.81. The summed E-state index contributed by atoms with van der Waals surface area (Å²) in [7, 11) is 0. The number of rotatable bonds is 3. The predicted molar refractivity (Wildman–Crippen MR) is 96.1 cm³/mol. The molecule has 0 radical (unpaired) electrons. The quantitative estimate of drug-likeness (QED) is 0.328. The van der Waals surface area contributed by atoms with Crippen LogP contribution in [0.15, 0.2) is 29.3 Å². The standard InChI is InChI=1S/C15H18N4O3.HI/c16-15(18-7-9-22-10-8-18)17-5-6-19-13(20)11-3-1-2-4-12(11)14(19)21;/h1-4H,5-10H2,(H2,16,17);1H. The number of amides is 2. The molecule has 7 nitrogen and oxygen atoms in total. The SMILES string of the molecule is I.NC(=NCCN1C(=O)c2ccccc2C1=O)N1CCOCC1. The van der Waals surface area contributed by atoms with Crippen LogP contribution < -0.4 is 5.73 Å². The number of fused-ring (bicyclic) bond motifs is 1. The van der Waals surface area contributed by atoms with E-state index in [4.69, 9.17) is 10.5 Å². The molecule has 2 aliphatic heterocycles. The number of nitrogens with zero attached hydrogens (tertiary/aromatic N) is 3. The third kappa shape index (κ3) is 3.63. The summed E-state index contributed by atoms with van der Waals surface area (Å²) in [5, 5.41) is 0. The van der Waals surface area contributed by atoms with Gasteiger partial charge in [-0.1, -0.05) is 12.1 Å². The van der Waals surface area contributed by atoms with Gasteiger partial charge in [0.2, 0.25) is 0 Å². The van der Waals surface area contributed by atoms with E-state index >= 15 is 0 Å². The molecule has 124 valence electrons. The van der Waals surface area contributed by atoms with Gasteiger partial charge in [-0.05, 0) is 12.1 Å². The Morgan fingerprint density at radius 1 is 1.13 bits per heavy atom. The van der Waals surface area contributed by atoms with Gasteiger partial charge in [-0.25, -0.2) is 0 Å². The lowest BCUT2D eigenvalue weighted by Gasteiger charge is -2.27. The summed E-state index contributed by atoms with van der Waals surface area (Å²) in [6, 6.07) is 6.84. The molecule has 0 unspecified atom stereocenters. The van der Waals surface area contributed by atoms with Gasteiger partial charge >= 0.3 is 0 Å². The molecule has 0 bridgehead atoms. The highest BCUT2D eigenvalue weighted by molar-refractivity contribution is 14.0. The summed E-state index contributed by atoms with van der Waals surface area (Å²) in [5.41, 5.74) is 6.83. The van der Waals surface area contributed by atoms with Gasteiger partial charge in [-0.15, -0.1) is 24.0 Å². The maximum atomic E-state index is 12.2. The van der Waals surface area contributed by atoms with Gasteiger partial charge in [0.15, 0.2) is 5.96 Å². The van der Waals surface area contributed by atoms with Crippen molar-refractivity contribution in [3.63, 3.8) is 0 Å². The van der Waals surface area contributed by atoms with Crippen LogP contribution in [0.25, 0.3) is 0 Å². The fourth-order valence-corrected chi connectivity index (χ4v) is 2.60. The van der Waals surface area contributed by atoms with Crippen LogP contribution in [-0.2, 0) is 4.74 Å². The Morgan fingerprint density at radius 3 is 2.26 bits per heavy atom. The molecule has 1 fully saturated rings. The molecule has 2 N–H and O–H groups in total. The lowest BCUT2D eigenvalue weighted by atomic mass is 10.1. The first-order valence-corrected chi connectivity index (χ1v) is 7.26. The minimum absolute atomic E-state index is 0. The molecule has 8 heteroatoms. The van der Waals surface area contributed by atoms with Crippen LogP contribution in [0.1, 0.15) is 20.7 Å². The molecule has 0 atom stereocenters. The highest BCUT2D eigenvalue weighted by atomic mass is 127. The molecule has 1 aromatic rings. The van der Waals surface area contributed by atoms with E-state index in [0.717, 1.165) is 0 Å². The minimum Gasteiger partial charge on any atom is -0.378 e. The second-order valence-electron chi connectivity index (χ2n) is 5.15. The van der Waals surface area contributed by atoms with Gasteiger partial charge < -0.3 is 15.4 Å². The molecule has 0 aliphatic carbocycles. The van der Waals surface area contributed by atoms with Crippen molar-refractivity contribution in [2.75, 3.05) is 39.4 Å². The van der Waals surface area contributed by atoms with E-state index in [2.05, 4.69) is 4.99 Å². The monoisotopic (exact) mass is 430 g/mol. The summed E-state index contributed by atoms with van der Waals surface area (Å²) in [4.78, 5) is 31.8. The van der Waals surface area contributed by atoms with Crippen LogP contribution in [0, 0.1) is 0 Å². The number of ether oxygens (including phenoxy) is 1. The Balaban J connectivity index is 0.00000192. The van der Waals surface area contributed by atoms with Crippen molar-refractivity contribution in [1.82, 2.24) is 9.80 Å². The number of guanidine groups is 1. The smallest absolute Gasteiger partial charge is 0.261 e. The van der Waals surface area contributed by atoms with Gasteiger partial charge in [0.25, 0.3) is 11.8 Å². The number of nitrogens with two attached hydrogens (primary N) is 1. The largest absolute Gasteiger partial charge is 0.378 e. The van der Waals surface area contributed by atoms with E-state index < -0.39 is 0 Å². The first kappa shape index (κ1) is 17.7. The van der Waals surface area contributed by atoms with E-state index in [-0.39, 0.29) is 42.3 Å². The lowest BCUT2D eigenvalue weighted by Crippen LogP contribution is -2.45. The minimum atomic E-state index is -0.263. The molecule has 1 aromatic carbocycles. The number of halogens is 1. The van der Waals surface area contributed by atoms with Crippen LogP contribution in [-0.4, -0.2) is 67.0 Å². The Labute approximate surface area is 151 Å². The zero-order valence-electron chi connectivity index (χ0n) is 12.6. The molecule has 23 heavy (non-hydrogen) atoms. The van der Waals surface area contributed by atoms with Gasteiger partial charge in [0, 0.05) is 19.6 Å². The average Bonchev–Trinajstić information content (AvgIpc) is 2.81. The van der Waals surface area contributed by atoms with E-state index in [1.54, 1.807) is 24.3 Å². The van der Waals surface area contributed by atoms with Crippen LogP contribution in [0.5, 0.6) is 0 Å². The van der Waals surface area contributed by atoms with E-state index in [1.807, 2.05) is 4.90 Å². The number of imide groups is 1.